The number of alkyl halides is 1. The van der Waals surface area contributed by atoms with Gasteiger partial charge in [0.1, 0.15) is 0 Å². The van der Waals surface area contributed by atoms with Crippen LogP contribution in [-0.2, 0) is 11.2 Å². The number of benzene rings is 2. The lowest BCUT2D eigenvalue weighted by atomic mass is 9.99. The van der Waals surface area contributed by atoms with Crippen molar-refractivity contribution in [3.05, 3.63) is 71.8 Å². The minimum atomic E-state index is -0.0192. The number of hydrogen-bond donors (Lipinski definition) is 1. The van der Waals surface area contributed by atoms with Crippen LogP contribution in [0.3, 0.4) is 0 Å². The number of nitrogens with one attached hydrogen (secondary N) is 1. The van der Waals surface area contributed by atoms with Crippen molar-refractivity contribution in [3.8, 4) is 0 Å². The molecule has 0 fully saturated rings. The Morgan fingerprint density at radius 2 is 1.60 bits per heavy atom. The largest absolute Gasteiger partial charge is 0.349 e. The minimum absolute atomic E-state index is 0.00946. The van der Waals surface area contributed by atoms with Crippen LogP contribution in [0.2, 0.25) is 0 Å². The summed E-state index contributed by atoms with van der Waals surface area (Å²) in [6.07, 6.45) is 1.12. The van der Waals surface area contributed by atoms with Crippen LogP contribution in [0.25, 0.3) is 0 Å². The SMILES string of the molecule is O=C(CCCl)NC(Cc1ccccc1)c1ccccc1. The van der Waals surface area contributed by atoms with Crippen molar-refractivity contribution >= 4 is 17.5 Å². The van der Waals surface area contributed by atoms with E-state index >= 15 is 0 Å². The molecule has 1 atom stereocenters. The van der Waals surface area contributed by atoms with Crippen molar-refractivity contribution in [2.45, 2.75) is 18.9 Å². The lowest BCUT2D eigenvalue weighted by Crippen LogP contribution is -2.30. The van der Waals surface area contributed by atoms with E-state index in [9.17, 15) is 4.79 Å². The summed E-state index contributed by atoms with van der Waals surface area (Å²) >= 11 is 5.63. The minimum Gasteiger partial charge on any atom is -0.349 e. The predicted octanol–water partition coefficient (Wildman–Crippen LogP) is 3.72. The van der Waals surface area contributed by atoms with Gasteiger partial charge in [0.15, 0.2) is 0 Å². The van der Waals surface area contributed by atoms with Crippen molar-refractivity contribution in [1.29, 1.82) is 0 Å². The van der Waals surface area contributed by atoms with Gasteiger partial charge in [-0.2, -0.15) is 0 Å². The molecule has 0 heterocycles. The lowest BCUT2D eigenvalue weighted by molar-refractivity contribution is -0.121. The van der Waals surface area contributed by atoms with E-state index in [1.165, 1.54) is 5.56 Å². The van der Waals surface area contributed by atoms with Crippen LogP contribution in [-0.4, -0.2) is 11.8 Å². The van der Waals surface area contributed by atoms with Gasteiger partial charge in [-0.05, 0) is 17.5 Å². The third-order valence-electron chi connectivity index (χ3n) is 3.14. The first-order chi connectivity index (χ1) is 9.79. The molecule has 104 valence electrons. The molecule has 1 amide bonds. The van der Waals surface area contributed by atoms with Crippen LogP contribution in [0.1, 0.15) is 23.6 Å². The fourth-order valence-electron chi connectivity index (χ4n) is 2.14. The molecule has 0 radical (unpaired) electrons. The van der Waals surface area contributed by atoms with Gasteiger partial charge in [-0.3, -0.25) is 4.79 Å². The molecule has 0 saturated heterocycles. The summed E-state index contributed by atoms with van der Waals surface area (Å²) in [5, 5.41) is 3.06. The van der Waals surface area contributed by atoms with Gasteiger partial charge in [-0.1, -0.05) is 60.7 Å². The van der Waals surface area contributed by atoms with Crippen molar-refractivity contribution in [2.75, 3.05) is 5.88 Å². The molecule has 0 spiro atoms. The van der Waals surface area contributed by atoms with Gasteiger partial charge in [-0.15, -0.1) is 11.6 Å². The molecular formula is C17H18ClNO. The number of halogens is 1. The second-order valence-electron chi connectivity index (χ2n) is 4.66. The van der Waals surface area contributed by atoms with Crippen molar-refractivity contribution < 1.29 is 4.79 Å². The molecule has 0 aliphatic carbocycles. The molecule has 2 aromatic carbocycles. The van der Waals surface area contributed by atoms with Gasteiger partial charge in [-0.25, -0.2) is 0 Å². The van der Waals surface area contributed by atoms with Crippen molar-refractivity contribution in [1.82, 2.24) is 5.32 Å². The maximum Gasteiger partial charge on any atom is 0.221 e. The summed E-state index contributed by atoms with van der Waals surface area (Å²) in [4.78, 5) is 11.8. The highest BCUT2D eigenvalue weighted by molar-refractivity contribution is 6.18. The van der Waals surface area contributed by atoms with Crippen LogP contribution >= 0.6 is 11.6 Å². The molecular weight excluding hydrogens is 270 g/mol. The molecule has 3 heteroatoms. The molecule has 2 nitrogen and oxygen atoms in total. The lowest BCUT2D eigenvalue weighted by Gasteiger charge is -2.19. The average Bonchev–Trinajstić information content (AvgIpc) is 2.49. The molecule has 1 unspecified atom stereocenters. The third kappa shape index (κ3) is 4.39. The number of carbonyl (C=O) groups excluding carboxylic acids is 1. The van der Waals surface area contributed by atoms with Gasteiger partial charge in [0, 0.05) is 12.3 Å². The summed E-state index contributed by atoms with van der Waals surface area (Å²) in [5.74, 6) is 0.336. The topological polar surface area (TPSA) is 29.1 Å². The first-order valence-electron chi connectivity index (χ1n) is 6.74. The summed E-state index contributed by atoms with van der Waals surface area (Å²) in [5.41, 5.74) is 2.31. The molecule has 1 N–H and O–H groups in total. The van der Waals surface area contributed by atoms with E-state index in [0.717, 1.165) is 12.0 Å². The number of carbonyl (C=O) groups is 1. The molecule has 0 bridgehead atoms. The zero-order valence-corrected chi connectivity index (χ0v) is 12.0. The highest BCUT2D eigenvalue weighted by Crippen LogP contribution is 2.18. The molecule has 0 saturated carbocycles. The van der Waals surface area contributed by atoms with Crippen LogP contribution in [0.4, 0.5) is 0 Å². The molecule has 0 aliphatic rings. The number of amides is 1. The molecule has 0 aromatic heterocycles. The average molecular weight is 288 g/mol. The highest BCUT2D eigenvalue weighted by atomic mass is 35.5. The van der Waals surface area contributed by atoms with Crippen LogP contribution < -0.4 is 5.32 Å². The van der Waals surface area contributed by atoms with Gasteiger partial charge >= 0.3 is 0 Å². The maximum atomic E-state index is 11.8. The van der Waals surface area contributed by atoms with Gasteiger partial charge < -0.3 is 5.32 Å². The molecule has 0 aliphatic heterocycles. The Balaban J connectivity index is 2.14. The zero-order valence-electron chi connectivity index (χ0n) is 11.3. The summed E-state index contributed by atoms with van der Waals surface area (Å²) in [6, 6.07) is 20.2. The summed E-state index contributed by atoms with van der Waals surface area (Å²) < 4.78 is 0. The summed E-state index contributed by atoms with van der Waals surface area (Å²) in [6.45, 7) is 0. The monoisotopic (exact) mass is 287 g/mol. The Kier molecular flexibility index (Phi) is 5.63. The van der Waals surface area contributed by atoms with E-state index in [1.807, 2.05) is 48.5 Å². The van der Waals surface area contributed by atoms with Crippen LogP contribution in [0, 0.1) is 0 Å². The molecule has 2 aromatic rings. The van der Waals surface area contributed by atoms with E-state index < -0.39 is 0 Å². The maximum absolute atomic E-state index is 11.8. The smallest absolute Gasteiger partial charge is 0.221 e. The fraction of sp³-hybridized carbons (Fsp3) is 0.235. The van der Waals surface area contributed by atoms with Gasteiger partial charge in [0.25, 0.3) is 0 Å². The van der Waals surface area contributed by atoms with Crippen molar-refractivity contribution in [2.24, 2.45) is 0 Å². The third-order valence-corrected chi connectivity index (χ3v) is 3.33. The highest BCUT2D eigenvalue weighted by Gasteiger charge is 2.14. The van der Waals surface area contributed by atoms with Gasteiger partial charge in [0.2, 0.25) is 5.91 Å². The Morgan fingerprint density at radius 1 is 1.00 bits per heavy atom. The van der Waals surface area contributed by atoms with Crippen molar-refractivity contribution in [3.63, 3.8) is 0 Å². The van der Waals surface area contributed by atoms with E-state index in [2.05, 4.69) is 17.4 Å². The van der Waals surface area contributed by atoms with E-state index in [0.29, 0.717) is 12.3 Å². The fourth-order valence-corrected chi connectivity index (χ4v) is 2.31. The Bertz CT molecular complexity index is 527. The Hall–Kier alpha value is -1.80. The van der Waals surface area contributed by atoms with Crippen LogP contribution in [0.15, 0.2) is 60.7 Å². The predicted molar refractivity (Wildman–Crippen MR) is 82.8 cm³/mol. The Labute approximate surface area is 124 Å². The van der Waals surface area contributed by atoms with E-state index in [-0.39, 0.29) is 11.9 Å². The first-order valence-corrected chi connectivity index (χ1v) is 7.27. The zero-order chi connectivity index (χ0) is 14.2. The molecule has 2 rings (SSSR count). The first kappa shape index (κ1) is 14.6. The second kappa shape index (κ2) is 7.71. The van der Waals surface area contributed by atoms with Crippen LogP contribution in [0.5, 0.6) is 0 Å². The Morgan fingerprint density at radius 3 is 2.20 bits per heavy atom. The second-order valence-corrected chi connectivity index (χ2v) is 5.04. The quantitative estimate of drug-likeness (QED) is 0.806. The summed E-state index contributed by atoms with van der Waals surface area (Å²) in [7, 11) is 0. The molecule has 20 heavy (non-hydrogen) atoms. The number of hydrogen-bond acceptors (Lipinski definition) is 1. The number of rotatable bonds is 6. The standard InChI is InChI=1S/C17H18ClNO/c18-12-11-17(20)19-16(15-9-5-2-6-10-15)13-14-7-3-1-4-8-14/h1-10,16H,11-13H2,(H,19,20). The van der Waals surface area contributed by atoms with E-state index in [1.54, 1.807) is 0 Å². The van der Waals surface area contributed by atoms with Gasteiger partial charge in [0.05, 0.1) is 6.04 Å². The van der Waals surface area contributed by atoms with E-state index in [4.69, 9.17) is 11.6 Å². The normalized spacial score (nSPS) is 11.8.